The summed E-state index contributed by atoms with van der Waals surface area (Å²) in [5, 5.41) is 2.72. The first kappa shape index (κ1) is 19.7. The summed E-state index contributed by atoms with van der Waals surface area (Å²) < 4.78 is 28.0. The predicted molar refractivity (Wildman–Crippen MR) is 97.6 cm³/mol. The van der Waals surface area contributed by atoms with Crippen LogP contribution in [0.3, 0.4) is 0 Å². The van der Waals surface area contributed by atoms with Gasteiger partial charge >= 0.3 is 5.97 Å². The molecule has 1 atom stereocenters. The molecule has 0 spiro atoms. The van der Waals surface area contributed by atoms with Crippen molar-refractivity contribution in [3.05, 3.63) is 65.7 Å². The second-order valence-corrected chi connectivity index (χ2v) is 7.89. The third-order valence-electron chi connectivity index (χ3n) is 3.73. The Balaban J connectivity index is 1.84. The van der Waals surface area contributed by atoms with Gasteiger partial charge in [0.2, 0.25) is 0 Å². The van der Waals surface area contributed by atoms with Gasteiger partial charge in [0.1, 0.15) is 0 Å². The van der Waals surface area contributed by atoms with E-state index in [2.05, 4.69) is 5.32 Å². The van der Waals surface area contributed by atoms with Crippen molar-refractivity contribution in [2.45, 2.75) is 24.3 Å². The molecule has 2 aromatic carbocycles. The summed E-state index contributed by atoms with van der Waals surface area (Å²) in [5.41, 5.74) is 1.28. The third kappa shape index (κ3) is 5.70. The first-order valence-corrected chi connectivity index (χ1v) is 9.99. The Kier molecular flexibility index (Phi) is 6.52. The zero-order valence-electron chi connectivity index (χ0n) is 14.6. The Morgan fingerprint density at radius 1 is 1.04 bits per heavy atom. The van der Waals surface area contributed by atoms with E-state index in [1.54, 1.807) is 0 Å². The van der Waals surface area contributed by atoms with E-state index in [-0.39, 0.29) is 16.4 Å². The number of hydrogen-bond acceptors (Lipinski definition) is 5. The van der Waals surface area contributed by atoms with Crippen LogP contribution in [0.4, 0.5) is 0 Å². The predicted octanol–water partition coefficient (Wildman–Crippen LogP) is 1.99. The highest BCUT2D eigenvalue weighted by Gasteiger charge is 2.19. The van der Waals surface area contributed by atoms with Crippen LogP contribution in [0, 0.1) is 0 Å². The maximum Gasteiger partial charge on any atom is 0.338 e. The van der Waals surface area contributed by atoms with Crippen molar-refractivity contribution in [2.24, 2.45) is 0 Å². The van der Waals surface area contributed by atoms with Gasteiger partial charge in [-0.3, -0.25) is 4.79 Å². The SMILES string of the molecule is C[C@@H](OC(=O)c1ccc(S(C)(=O)=O)cc1)C(=O)NCCc1ccccc1. The van der Waals surface area contributed by atoms with Crippen LogP contribution in [-0.4, -0.2) is 39.2 Å². The van der Waals surface area contributed by atoms with E-state index in [4.69, 9.17) is 4.74 Å². The Bertz CT molecular complexity index is 861. The molecule has 1 amide bonds. The molecule has 0 aliphatic rings. The number of sulfone groups is 1. The van der Waals surface area contributed by atoms with Gasteiger partial charge in [0, 0.05) is 12.8 Å². The molecular formula is C19H21NO5S. The molecule has 26 heavy (non-hydrogen) atoms. The number of benzene rings is 2. The number of ether oxygens (including phenoxy) is 1. The number of amides is 1. The Hall–Kier alpha value is -2.67. The molecule has 0 fully saturated rings. The van der Waals surface area contributed by atoms with Gasteiger partial charge in [-0.2, -0.15) is 0 Å². The van der Waals surface area contributed by atoms with Crippen molar-refractivity contribution in [3.8, 4) is 0 Å². The summed E-state index contributed by atoms with van der Waals surface area (Å²) in [5.74, 6) is -1.07. The second-order valence-electron chi connectivity index (χ2n) is 5.87. The lowest BCUT2D eigenvalue weighted by Crippen LogP contribution is -2.36. The topological polar surface area (TPSA) is 89.5 Å². The molecule has 0 unspecified atom stereocenters. The normalized spacial score (nSPS) is 12.2. The highest BCUT2D eigenvalue weighted by atomic mass is 32.2. The van der Waals surface area contributed by atoms with Gasteiger partial charge in [-0.05, 0) is 43.2 Å². The summed E-state index contributed by atoms with van der Waals surface area (Å²) >= 11 is 0. The van der Waals surface area contributed by atoms with E-state index in [9.17, 15) is 18.0 Å². The van der Waals surface area contributed by atoms with Crippen LogP contribution in [0.2, 0.25) is 0 Å². The number of rotatable bonds is 7. The minimum atomic E-state index is -3.33. The van der Waals surface area contributed by atoms with Crippen LogP contribution in [-0.2, 0) is 25.8 Å². The summed E-state index contributed by atoms with van der Waals surface area (Å²) in [6.45, 7) is 1.93. The van der Waals surface area contributed by atoms with Crippen molar-refractivity contribution in [3.63, 3.8) is 0 Å². The number of esters is 1. The van der Waals surface area contributed by atoms with Crippen LogP contribution in [0.25, 0.3) is 0 Å². The van der Waals surface area contributed by atoms with E-state index in [1.807, 2.05) is 30.3 Å². The van der Waals surface area contributed by atoms with Gasteiger partial charge in [-0.25, -0.2) is 13.2 Å². The minimum Gasteiger partial charge on any atom is -0.449 e. The molecule has 0 radical (unpaired) electrons. The Morgan fingerprint density at radius 3 is 2.23 bits per heavy atom. The molecule has 7 heteroatoms. The van der Waals surface area contributed by atoms with Crippen molar-refractivity contribution < 1.29 is 22.7 Å². The van der Waals surface area contributed by atoms with E-state index in [1.165, 1.54) is 31.2 Å². The first-order valence-electron chi connectivity index (χ1n) is 8.10. The van der Waals surface area contributed by atoms with Crippen LogP contribution in [0.1, 0.15) is 22.8 Å². The van der Waals surface area contributed by atoms with Crippen LogP contribution < -0.4 is 5.32 Å². The van der Waals surface area contributed by atoms with Crippen molar-refractivity contribution in [1.29, 1.82) is 0 Å². The van der Waals surface area contributed by atoms with Crippen molar-refractivity contribution in [1.82, 2.24) is 5.32 Å². The summed E-state index contributed by atoms with van der Waals surface area (Å²) in [6.07, 6.45) is 0.815. The number of carbonyl (C=O) groups is 2. The van der Waals surface area contributed by atoms with E-state index in [0.29, 0.717) is 13.0 Å². The molecule has 138 valence electrons. The highest BCUT2D eigenvalue weighted by molar-refractivity contribution is 7.90. The van der Waals surface area contributed by atoms with E-state index < -0.39 is 21.9 Å². The molecule has 6 nitrogen and oxygen atoms in total. The monoisotopic (exact) mass is 375 g/mol. The molecule has 2 aromatic rings. The van der Waals surface area contributed by atoms with Crippen LogP contribution in [0.15, 0.2) is 59.5 Å². The molecule has 0 aliphatic heterocycles. The van der Waals surface area contributed by atoms with Gasteiger partial charge in [-0.15, -0.1) is 0 Å². The van der Waals surface area contributed by atoms with E-state index >= 15 is 0 Å². The van der Waals surface area contributed by atoms with Gasteiger partial charge < -0.3 is 10.1 Å². The largest absolute Gasteiger partial charge is 0.449 e. The fourth-order valence-electron chi connectivity index (χ4n) is 2.24. The maximum atomic E-state index is 12.1. The average molecular weight is 375 g/mol. The molecular weight excluding hydrogens is 354 g/mol. The standard InChI is InChI=1S/C19H21NO5S/c1-14(18(21)20-13-12-15-6-4-3-5-7-15)25-19(22)16-8-10-17(11-9-16)26(2,23)24/h3-11,14H,12-13H2,1-2H3,(H,20,21)/t14-/m1/s1. The fraction of sp³-hybridized carbons (Fsp3) is 0.263. The van der Waals surface area contributed by atoms with Crippen molar-refractivity contribution in [2.75, 3.05) is 12.8 Å². The molecule has 0 saturated heterocycles. The van der Waals surface area contributed by atoms with E-state index in [0.717, 1.165) is 11.8 Å². The van der Waals surface area contributed by atoms with Gasteiger partial charge in [0.25, 0.3) is 5.91 Å². The molecule has 0 aliphatic carbocycles. The van der Waals surface area contributed by atoms with Gasteiger partial charge in [0.15, 0.2) is 15.9 Å². The van der Waals surface area contributed by atoms with Crippen LogP contribution in [0.5, 0.6) is 0 Å². The number of nitrogens with one attached hydrogen (secondary N) is 1. The molecule has 1 N–H and O–H groups in total. The summed E-state index contributed by atoms with van der Waals surface area (Å²) in [6, 6.07) is 15.1. The fourth-order valence-corrected chi connectivity index (χ4v) is 2.87. The number of carbonyl (C=O) groups excluding carboxylic acids is 2. The quantitative estimate of drug-likeness (QED) is 0.748. The lowest BCUT2D eigenvalue weighted by molar-refractivity contribution is -0.129. The van der Waals surface area contributed by atoms with Crippen LogP contribution >= 0.6 is 0 Å². The zero-order valence-corrected chi connectivity index (χ0v) is 15.5. The smallest absolute Gasteiger partial charge is 0.338 e. The second kappa shape index (κ2) is 8.62. The molecule has 0 aromatic heterocycles. The number of hydrogen-bond donors (Lipinski definition) is 1. The molecule has 0 saturated carbocycles. The van der Waals surface area contributed by atoms with Gasteiger partial charge in [-0.1, -0.05) is 30.3 Å². The lowest BCUT2D eigenvalue weighted by Gasteiger charge is -2.13. The van der Waals surface area contributed by atoms with Crippen molar-refractivity contribution >= 4 is 21.7 Å². The maximum absolute atomic E-state index is 12.1. The molecule has 0 heterocycles. The summed E-state index contributed by atoms with van der Waals surface area (Å²) in [7, 11) is -3.33. The highest BCUT2D eigenvalue weighted by Crippen LogP contribution is 2.12. The summed E-state index contributed by atoms with van der Waals surface area (Å²) in [4.78, 5) is 24.2. The molecule has 2 rings (SSSR count). The Morgan fingerprint density at radius 2 is 1.65 bits per heavy atom. The lowest BCUT2D eigenvalue weighted by atomic mass is 10.1. The minimum absolute atomic E-state index is 0.112. The van der Waals surface area contributed by atoms with Gasteiger partial charge in [0.05, 0.1) is 10.5 Å². The average Bonchev–Trinajstić information content (AvgIpc) is 2.61. The zero-order chi connectivity index (χ0) is 19.2. The molecule has 0 bridgehead atoms. The Labute approximate surface area is 153 Å². The first-order chi connectivity index (χ1) is 12.3. The third-order valence-corrected chi connectivity index (χ3v) is 4.86.